The fourth-order valence-corrected chi connectivity index (χ4v) is 7.96. The van der Waals surface area contributed by atoms with E-state index in [1.807, 2.05) is 34.0 Å². The van der Waals surface area contributed by atoms with Crippen molar-refractivity contribution >= 4 is 34.0 Å². The van der Waals surface area contributed by atoms with Crippen molar-refractivity contribution in [1.29, 1.82) is 0 Å². The molecule has 3 aromatic heterocycles. The van der Waals surface area contributed by atoms with Crippen LogP contribution in [0.15, 0.2) is 24.3 Å². The molecule has 0 saturated carbocycles. The van der Waals surface area contributed by atoms with Gasteiger partial charge in [-0.25, -0.2) is 0 Å². The monoisotopic (exact) mass is 474 g/mol. The lowest BCUT2D eigenvalue weighted by Gasteiger charge is -2.08. The lowest BCUT2D eigenvalue weighted by molar-refractivity contribution is 0.746. The Balaban J connectivity index is 2.06. The summed E-state index contributed by atoms with van der Waals surface area (Å²) in [5.74, 6) is 0. The molecule has 170 valence electrons. The number of hydrogen-bond acceptors (Lipinski definition) is 5. The van der Waals surface area contributed by atoms with E-state index in [0.29, 0.717) is 0 Å². The van der Waals surface area contributed by atoms with Gasteiger partial charge in [0.1, 0.15) is 0 Å². The highest BCUT2D eigenvalue weighted by Gasteiger charge is 2.22. The zero-order valence-corrected chi connectivity index (χ0v) is 21.9. The predicted molar refractivity (Wildman–Crippen MR) is 143 cm³/mol. The summed E-state index contributed by atoms with van der Waals surface area (Å²) in [6, 6.07) is 9.63. The lowest BCUT2D eigenvalue weighted by atomic mass is 9.97. The SMILES string of the molecule is CCCCc1c(-c2ccc(CC(C)N)s2)sc(-c2ccc(CC(C)N)s2)c1CCCC. The van der Waals surface area contributed by atoms with Crippen LogP contribution >= 0.6 is 34.0 Å². The molecule has 4 N–H and O–H groups in total. The molecule has 0 fully saturated rings. The highest BCUT2D eigenvalue weighted by atomic mass is 32.1. The summed E-state index contributed by atoms with van der Waals surface area (Å²) in [5, 5.41) is 0. The maximum Gasteiger partial charge on any atom is 0.0484 e. The summed E-state index contributed by atoms with van der Waals surface area (Å²) >= 11 is 5.88. The molecule has 0 spiro atoms. The van der Waals surface area contributed by atoms with Gasteiger partial charge in [-0.1, -0.05) is 26.7 Å². The van der Waals surface area contributed by atoms with Crippen LogP contribution in [0.1, 0.15) is 74.3 Å². The molecule has 0 aromatic carbocycles. The number of unbranched alkanes of at least 4 members (excludes halogenated alkanes) is 2. The first-order chi connectivity index (χ1) is 14.9. The summed E-state index contributed by atoms with van der Waals surface area (Å²) in [5.41, 5.74) is 15.3. The number of hydrogen-bond donors (Lipinski definition) is 2. The van der Waals surface area contributed by atoms with Gasteiger partial charge in [0.05, 0.1) is 0 Å². The van der Waals surface area contributed by atoms with Crippen LogP contribution in [0.2, 0.25) is 0 Å². The highest BCUT2D eigenvalue weighted by molar-refractivity contribution is 7.26. The van der Waals surface area contributed by atoms with E-state index < -0.39 is 0 Å². The molecule has 0 aliphatic carbocycles. The zero-order valence-electron chi connectivity index (χ0n) is 19.5. The van der Waals surface area contributed by atoms with Crippen molar-refractivity contribution in [2.45, 2.75) is 91.1 Å². The Labute approximate surface area is 200 Å². The largest absolute Gasteiger partial charge is 0.328 e. The average Bonchev–Trinajstić information content (AvgIpc) is 3.42. The topological polar surface area (TPSA) is 52.0 Å². The molecule has 5 heteroatoms. The van der Waals surface area contributed by atoms with Crippen LogP contribution in [0.25, 0.3) is 19.5 Å². The molecule has 0 aliphatic heterocycles. The third-order valence-corrected chi connectivity index (χ3v) is 9.34. The Morgan fingerprint density at radius 2 is 1.10 bits per heavy atom. The lowest BCUT2D eigenvalue weighted by Crippen LogP contribution is -2.16. The number of thiophene rings is 3. The van der Waals surface area contributed by atoms with E-state index in [0.717, 1.165) is 12.8 Å². The minimum Gasteiger partial charge on any atom is -0.328 e. The van der Waals surface area contributed by atoms with Crippen molar-refractivity contribution in [3.05, 3.63) is 45.1 Å². The Bertz CT molecular complexity index is 871. The standard InChI is InChI=1S/C26H38N2S3/c1-5-7-9-21-22(10-8-6-2)26(24-14-12-20(30-24)16-18(4)28)31-25(21)23-13-11-19(29-23)15-17(3)27/h11-14,17-18H,5-10,15-16,27-28H2,1-4H3. The molecule has 0 saturated heterocycles. The van der Waals surface area contributed by atoms with Crippen LogP contribution in [-0.2, 0) is 25.7 Å². The van der Waals surface area contributed by atoms with Crippen molar-refractivity contribution in [2.75, 3.05) is 0 Å². The van der Waals surface area contributed by atoms with Crippen molar-refractivity contribution in [1.82, 2.24) is 0 Å². The van der Waals surface area contributed by atoms with E-state index >= 15 is 0 Å². The normalized spacial score (nSPS) is 13.6. The first-order valence-electron chi connectivity index (χ1n) is 11.8. The minimum atomic E-state index is 0.208. The summed E-state index contributed by atoms with van der Waals surface area (Å²) in [6.45, 7) is 8.78. The van der Waals surface area contributed by atoms with Gasteiger partial charge in [0.15, 0.2) is 0 Å². The number of rotatable bonds is 12. The highest BCUT2D eigenvalue weighted by Crippen LogP contribution is 2.47. The molecule has 2 unspecified atom stereocenters. The van der Waals surface area contributed by atoms with Crippen molar-refractivity contribution in [3.8, 4) is 19.5 Å². The minimum absolute atomic E-state index is 0.208. The first-order valence-corrected chi connectivity index (χ1v) is 14.2. The predicted octanol–water partition coefficient (Wildman–Crippen LogP) is 7.67. The molecule has 2 atom stereocenters. The Kier molecular flexibility index (Phi) is 9.35. The molecule has 2 nitrogen and oxygen atoms in total. The van der Waals surface area contributed by atoms with Gasteiger partial charge in [-0.15, -0.1) is 34.0 Å². The molecule has 3 aromatic rings. The van der Waals surface area contributed by atoms with Crippen molar-refractivity contribution in [3.63, 3.8) is 0 Å². The number of nitrogens with two attached hydrogens (primary N) is 2. The molecule has 0 radical (unpaired) electrons. The van der Waals surface area contributed by atoms with Gasteiger partial charge >= 0.3 is 0 Å². The van der Waals surface area contributed by atoms with Crippen LogP contribution in [-0.4, -0.2) is 12.1 Å². The maximum atomic E-state index is 6.07. The van der Waals surface area contributed by atoms with Crippen molar-refractivity contribution in [2.24, 2.45) is 11.5 Å². The van der Waals surface area contributed by atoms with Gasteiger partial charge in [0, 0.05) is 41.3 Å². The van der Waals surface area contributed by atoms with Gasteiger partial charge in [-0.2, -0.15) is 0 Å². The van der Waals surface area contributed by atoms with Crippen molar-refractivity contribution < 1.29 is 0 Å². The van der Waals surface area contributed by atoms with Crippen LogP contribution in [0, 0.1) is 0 Å². The molecule has 31 heavy (non-hydrogen) atoms. The van der Waals surface area contributed by atoms with Crippen LogP contribution in [0.4, 0.5) is 0 Å². The van der Waals surface area contributed by atoms with Crippen LogP contribution in [0.3, 0.4) is 0 Å². The quantitative estimate of drug-likeness (QED) is 0.283. The van der Waals surface area contributed by atoms with Gasteiger partial charge in [0.2, 0.25) is 0 Å². The van der Waals surface area contributed by atoms with E-state index in [1.165, 1.54) is 67.8 Å². The Hall–Kier alpha value is -0.980. The molecule has 3 rings (SSSR count). The summed E-state index contributed by atoms with van der Waals surface area (Å²) in [7, 11) is 0. The molecule has 0 aliphatic rings. The van der Waals surface area contributed by atoms with E-state index in [-0.39, 0.29) is 12.1 Å². The molecule has 0 bridgehead atoms. The van der Waals surface area contributed by atoms with E-state index in [9.17, 15) is 0 Å². The summed E-state index contributed by atoms with van der Waals surface area (Å²) in [4.78, 5) is 8.63. The molecule has 0 amide bonds. The second-order valence-corrected chi connectivity index (χ2v) is 12.2. The van der Waals surface area contributed by atoms with Gasteiger partial charge < -0.3 is 11.5 Å². The smallest absolute Gasteiger partial charge is 0.0484 e. The summed E-state index contributed by atoms with van der Waals surface area (Å²) < 4.78 is 0. The third kappa shape index (κ3) is 6.52. The summed E-state index contributed by atoms with van der Waals surface area (Å²) in [6.07, 6.45) is 9.25. The van der Waals surface area contributed by atoms with Gasteiger partial charge in [0.25, 0.3) is 0 Å². The molecular formula is C26H38N2S3. The van der Waals surface area contributed by atoms with Crippen LogP contribution in [0.5, 0.6) is 0 Å². The van der Waals surface area contributed by atoms with Gasteiger partial charge in [-0.05, 0) is 87.8 Å². The second kappa shape index (κ2) is 11.8. The van der Waals surface area contributed by atoms with E-state index in [2.05, 4.69) is 52.0 Å². The fourth-order valence-electron chi connectivity index (χ4n) is 3.99. The zero-order chi connectivity index (χ0) is 22.4. The van der Waals surface area contributed by atoms with E-state index in [4.69, 9.17) is 11.5 Å². The molecule has 3 heterocycles. The maximum absolute atomic E-state index is 6.07. The fraction of sp³-hybridized carbons (Fsp3) is 0.538. The van der Waals surface area contributed by atoms with Crippen LogP contribution < -0.4 is 11.5 Å². The Morgan fingerprint density at radius 1 is 0.677 bits per heavy atom. The second-order valence-electron chi connectivity index (χ2n) is 8.82. The van der Waals surface area contributed by atoms with Gasteiger partial charge in [-0.3, -0.25) is 0 Å². The molecular weight excluding hydrogens is 437 g/mol. The van der Waals surface area contributed by atoms with E-state index in [1.54, 1.807) is 11.1 Å². The average molecular weight is 475 g/mol. The Morgan fingerprint density at radius 3 is 1.45 bits per heavy atom. The first kappa shape index (κ1) is 24.7. The third-order valence-electron chi connectivity index (χ3n) is 5.49.